The molecule has 0 radical (unpaired) electrons. The summed E-state index contributed by atoms with van der Waals surface area (Å²) in [6, 6.07) is 0. The molecule has 0 aromatic carbocycles. The molecule has 0 spiro atoms. The first-order valence-corrected chi connectivity index (χ1v) is 12.8. The van der Waals surface area contributed by atoms with Crippen molar-refractivity contribution in [3.05, 3.63) is 12.2 Å². The van der Waals surface area contributed by atoms with E-state index in [2.05, 4.69) is 0 Å². The van der Waals surface area contributed by atoms with E-state index < -0.39 is 114 Å². The van der Waals surface area contributed by atoms with Gasteiger partial charge in [0.2, 0.25) is 0 Å². The van der Waals surface area contributed by atoms with Crippen molar-refractivity contribution in [2.45, 2.75) is 94.5 Å². The predicted molar refractivity (Wildman–Crippen MR) is 122 cm³/mol. The summed E-state index contributed by atoms with van der Waals surface area (Å²) in [6.07, 6.45) is -11.1. The zero-order valence-corrected chi connectivity index (χ0v) is 21.2. The minimum Gasteiger partial charge on any atom is -0.459 e. The lowest BCUT2D eigenvalue weighted by molar-refractivity contribution is -0.343. The Kier molecular flexibility index (Phi) is 6.40. The molecule has 12 heteroatoms. The minimum atomic E-state index is -1.71. The normalized spacial score (nSPS) is 61.0. The van der Waals surface area contributed by atoms with E-state index in [1.807, 2.05) is 0 Å². The minimum absolute atomic E-state index is 0.601. The SMILES string of the molecule is C[C@H]1[C@@H](O)[C@H](O)[C@@H]2[C@@]3(C)[C@H](OC(=O)[C@@H]13)[C@H](O)[C@@H]1[C@]2(C)[C@H](O[C@@H]2O[C@H](CO)[C@@H](O)[C@H](O)[C@H]2O)C=C[C@@]1(C)O. The van der Waals surface area contributed by atoms with Gasteiger partial charge >= 0.3 is 5.97 Å². The van der Waals surface area contributed by atoms with Gasteiger partial charge in [-0.2, -0.15) is 0 Å². The van der Waals surface area contributed by atoms with Crippen molar-refractivity contribution < 1.29 is 59.9 Å². The first-order valence-electron chi connectivity index (χ1n) is 12.8. The number of fused-ring (bicyclic) bond motifs is 2. The molecule has 0 unspecified atom stereocenters. The van der Waals surface area contributed by atoms with E-state index in [1.165, 1.54) is 19.1 Å². The summed E-state index contributed by atoms with van der Waals surface area (Å²) in [6.45, 7) is 5.86. The predicted octanol–water partition coefficient (Wildman–Crippen LogP) is -2.98. The molecule has 17 atom stereocenters. The molecule has 5 rings (SSSR count). The molecule has 2 aliphatic heterocycles. The van der Waals surface area contributed by atoms with Gasteiger partial charge in [-0.1, -0.05) is 32.9 Å². The number of carbonyl (C=O) groups excluding carboxylic acids is 1. The zero-order valence-electron chi connectivity index (χ0n) is 21.2. The smallest absolute Gasteiger partial charge is 0.310 e. The summed E-state index contributed by atoms with van der Waals surface area (Å²) < 4.78 is 17.4. The number of esters is 1. The van der Waals surface area contributed by atoms with Crippen LogP contribution in [0, 0.1) is 34.5 Å². The number of hydrogen-bond acceptors (Lipinski definition) is 12. The second kappa shape index (κ2) is 8.65. The van der Waals surface area contributed by atoms with Crippen molar-refractivity contribution in [1.29, 1.82) is 0 Å². The molecule has 0 bridgehead atoms. The number of carbonyl (C=O) groups is 1. The molecule has 0 amide bonds. The summed E-state index contributed by atoms with van der Waals surface area (Å²) in [4.78, 5) is 13.0. The van der Waals surface area contributed by atoms with Crippen molar-refractivity contribution in [3.63, 3.8) is 0 Å². The molecule has 8 N–H and O–H groups in total. The molecule has 5 aliphatic rings. The Balaban J connectivity index is 1.62. The Morgan fingerprint density at radius 1 is 0.892 bits per heavy atom. The quantitative estimate of drug-likeness (QED) is 0.136. The number of ether oxygens (including phenoxy) is 3. The third-order valence-electron chi connectivity index (χ3n) is 10.2. The number of rotatable bonds is 3. The highest BCUT2D eigenvalue weighted by Gasteiger charge is 2.78. The Hall–Kier alpha value is -1.19. The average molecular weight is 531 g/mol. The molecule has 0 aromatic heterocycles. The molecule has 12 nitrogen and oxygen atoms in total. The van der Waals surface area contributed by atoms with Crippen LogP contribution in [0.1, 0.15) is 27.7 Å². The van der Waals surface area contributed by atoms with Gasteiger partial charge in [-0.3, -0.25) is 4.79 Å². The van der Waals surface area contributed by atoms with Gasteiger partial charge in [-0.15, -0.1) is 0 Å². The van der Waals surface area contributed by atoms with Gasteiger partial charge in [0.1, 0.15) is 30.5 Å². The van der Waals surface area contributed by atoms with Crippen LogP contribution < -0.4 is 0 Å². The molecule has 2 saturated carbocycles. The summed E-state index contributed by atoms with van der Waals surface area (Å²) in [7, 11) is 0. The van der Waals surface area contributed by atoms with Crippen molar-refractivity contribution in [1.82, 2.24) is 0 Å². The van der Waals surface area contributed by atoms with Crippen molar-refractivity contribution in [2.75, 3.05) is 6.61 Å². The number of hydrogen-bond donors (Lipinski definition) is 8. The third-order valence-corrected chi connectivity index (χ3v) is 10.2. The lowest BCUT2D eigenvalue weighted by Gasteiger charge is -2.67. The van der Waals surface area contributed by atoms with Gasteiger partial charge in [0.05, 0.1) is 42.5 Å². The van der Waals surface area contributed by atoms with E-state index >= 15 is 0 Å². The highest BCUT2D eigenvalue weighted by molar-refractivity contribution is 5.77. The van der Waals surface area contributed by atoms with Gasteiger partial charge in [0.25, 0.3) is 0 Å². The van der Waals surface area contributed by atoms with Gasteiger partial charge < -0.3 is 55.1 Å². The Morgan fingerprint density at radius 2 is 1.54 bits per heavy atom. The summed E-state index contributed by atoms with van der Waals surface area (Å²) in [5.41, 5.74) is -4.17. The maximum Gasteiger partial charge on any atom is 0.310 e. The Labute approximate surface area is 214 Å². The first kappa shape index (κ1) is 27.4. The van der Waals surface area contributed by atoms with Crippen LogP contribution in [0.5, 0.6) is 0 Å². The van der Waals surface area contributed by atoms with Gasteiger partial charge in [0.15, 0.2) is 6.29 Å². The number of aliphatic hydroxyl groups excluding tert-OH is 7. The molecule has 0 aromatic rings. The molecular weight excluding hydrogens is 492 g/mol. The summed E-state index contributed by atoms with van der Waals surface area (Å²) >= 11 is 0. The van der Waals surface area contributed by atoms with Gasteiger partial charge in [0, 0.05) is 22.7 Å². The van der Waals surface area contributed by atoms with Gasteiger partial charge in [-0.25, -0.2) is 0 Å². The molecule has 2 saturated heterocycles. The van der Waals surface area contributed by atoms with Crippen LogP contribution in [0.25, 0.3) is 0 Å². The van der Waals surface area contributed by atoms with E-state index in [0.717, 1.165) is 0 Å². The fourth-order valence-electron chi connectivity index (χ4n) is 8.63. The van der Waals surface area contributed by atoms with Crippen molar-refractivity contribution in [3.8, 4) is 0 Å². The van der Waals surface area contributed by atoms with Gasteiger partial charge in [-0.05, 0) is 12.8 Å². The monoisotopic (exact) mass is 530 g/mol. The Morgan fingerprint density at radius 3 is 2.16 bits per heavy atom. The molecule has 37 heavy (non-hydrogen) atoms. The van der Waals surface area contributed by atoms with Crippen LogP contribution >= 0.6 is 0 Å². The maximum absolute atomic E-state index is 13.0. The van der Waals surface area contributed by atoms with E-state index in [4.69, 9.17) is 14.2 Å². The maximum atomic E-state index is 13.0. The lowest BCUT2D eigenvalue weighted by atomic mass is 9.38. The fraction of sp³-hybridized carbons (Fsp3) is 0.880. The number of aliphatic hydroxyl groups is 8. The summed E-state index contributed by atoms with van der Waals surface area (Å²) in [5.74, 6) is -4.13. The van der Waals surface area contributed by atoms with Crippen LogP contribution in [0.3, 0.4) is 0 Å². The second-order valence-corrected chi connectivity index (χ2v) is 12.2. The molecule has 3 aliphatic carbocycles. The second-order valence-electron chi connectivity index (χ2n) is 12.2. The van der Waals surface area contributed by atoms with E-state index in [1.54, 1.807) is 20.8 Å². The summed E-state index contributed by atoms with van der Waals surface area (Å²) in [5, 5.41) is 86.2. The van der Waals surface area contributed by atoms with Crippen LogP contribution in [-0.2, 0) is 19.0 Å². The van der Waals surface area contributed by atoms with Crippen molar-refractivity contribution in [2.24, 2.45) is 34.5 Å². The highest BCUT2D eigenvalue weighted by Crippen LogP contribution is 2.69. The van der Waals surface area contributed by atoms with E-state index in [0.29, 0.717) is 0 Å². The lowest BCUT2D eigenvalue weighted by Crippen LogP contribution is -2.76. The molecule has 210 valence electrons. The highest BCUT2D eigenvalue weighted by atomic mass is 16.7. The van der Waals surface area contributed by atoms with Crippen molar-refractivity contribution >= 4 is 5.97 Å². The molecule has 4 fully saturated rings. The van der Waals surface area contributed by atoms with Crippen LogP contribution in [-0.4, -0.2) is 120 Å². The topological polar surface area (TPSA) is 207 Å². The van der Waals surface area contributed by atoms with Crippen LogP contribution in [0.4, 0.5) is 0 Å². The van der Waals surface area contributed by atoms with Crippen LogP contribution in [0.2, 0.25) is 0 Å². The standard InChI is InChI=1S/C25H38O12/c1-8-11-21(33)37-20-17(32)18-23(2,34)6-5-10(24(18,3)19(25(11,20)4)15(30)12(8)27)36-22-16(31)14(29)13(28)9(7-26)35-22/h5-6,8-20,22,26-32,34H,7H2,1-4H3/t8-,9-,10-,11-,12-,13-,14+,15+,16-,17-,18+,19+,20-,22+,23-,24+,25+/m1/s1. The molecule has 2 heterocycles. The average Bonchev–Trinajstić information content (AvgIpc) is 3.09. The van der Waals surface area contributed by atoms with E-state index in [9.17, 15) is 45.6 Å². The first-order chi connectivity index (χ1) is 17.1. The third kappa shape index (κ3) is 3.41. The Bertz CT molecular complexity index is 954. The molecular formula is C25H38O12. The fourth-order valence-corrected chi connectivity index (χ4v) is 8.63. The van der Waals surface area contributed by atoms with E-state index in [-0.39, 0.29) is 0 Å². The largest absolute Gasteiger partial charge is 0.459 e. The van der Waals surface area contributed by atoms with Crippen LogP contribution in [0.15, 0.2) is 12.2 Å². The zero-order chi connectivity index (χ0) is 27.4.